The van der Waals surface area contributed by atoms with E-state index in [-0.39, 0.29) is 22.9 Å². The lowest BCUT2D eigenvalue weighted by Crippen LogP contribution is -2.49. The Morgan fingerprint density at radius 1 is 0.935 bits per heavy atom. The lowest BCUT2D eigenvalue weighted by atomic mass is 9.80. The maximum Gasteiger partial charge on any atom is 0.212 e. The second-order valence-electron chi connectivity index (χ2n) is 12.1. The van der Waals surface area contributed by atoms with Crippen LogP contribution in [0.25, 0.3) is 10.9 Å². The highest BCUT2D eigenvalue weighted by atomic mass is 19.1. The molecule has 1 atom stereocenters. The first-order valence-corrected chi connectivity index (χ1v) is 15.8. The molecule has 0 radical (unpaired) electrons. The second-order valence-corrected chi connectivity index (χ2v) is 12.1. The van der Waals surface area contributed by atoms with Gasteiger partial charge in [-0.1, -0.05) is 96.2 Å². The lowest BCUT2D eigenvalue weighted by molar-refractivity contribution is 0.0183. The number of halogens is 1. The molecule has 0 bridgehead atoms. The van der Waals surface area contributed by atoms with E-state index >= 15 is 4.39 Å². The Morgan fingerprint density at radius 3 is 2.04 bits per heavy atom. The summed E-state index contributed by atoms with van der Waals surface area (Å²) in [5.41, 5.74) is 2.58. The van der Waals surface area contributed by atoms with Crippen LogP contribution < -0.4 is 20.4 Å². The summed E-state index contributed by atoms with van der Waals surface area (Å²) in [6.45, 7) is 4.10. The fourth-order valence-corrected chi connectivity index (χ4v) is 6.66. The van der Waals surface area contributed by atoms with Crippen molar-refractivity contribution in [2.75, 3.05) is 31.6 Å². The van der Waals surface area contributed by atoms with Crippen LogP contribution in [0.5, 0.6) is 5.75 Å². The van der Waals surface area contributed by atoms with E-state index in [2.05, 4.69) is 22.0 Å². The molecule has 4 aromatic carbocycles. The number of benzene rings is 4. The number of nitrogens with one attached hydrogen (secondary N) is 1. The van der Waals surface area contributed by atoms with Crippen molar-refractivity contribution < 1.29 is 14.0 Å². The van der Waals surface area contributed by atoms with Gasteiger partial charge in [0, 0.05) is 54.6 Å². The van der Waals surface area contributed by atoms with Crippen molar-refractivity contribution in [1.29, 1.82) is 0 Å². The van der Waals surface area contributed by atoms with Gasteiger partial charge < -0.3 is 24.4 Å². The first-order chi connectivity index (χ1) is 22.5. The van der Waals surface area contributed by atoms with Gasteiger partial charge >= 0.3 is 0 Å². The molecule has 1 N–H and O–H groups in total. The van der Waals surface area contributed by atoms with E-state index in [1.165, 1.54) is 12.3 Å². The number of rotatable bonds is 9. The molecular weight excluding hydrogens is 579 g/mol. The highest BCUT2D eigenvalue weighted by molar-refractivity contribution is 5.95. The van der Waals surface area contributed by atoms with Crippen molar-refractivity contribution in [3.05, 3.63) is 142 Å². The third kappa shape index (κ3) is 5.32. The van der Waals surface area contributed by atoms with Crippen LogP contribution in [0.3, 0.4) is 0 Å². The summed E-state index contributed by atoms with van der Waals surface area (Å²) >= 11 is 0. The number of ether oxygens (including phenoxy) is 1. The Labute approximate surface area is 267 Å². The van der Waals surface area contributed by atoms with Crippen molar-refractivity contribution in [3.63, 3.8) is 0 Å². The van der Waals surface area contributed by atoms with Gasteiger partial charge in [0.05, 0.1) is 29.8 Å². The molecule has 1 saturated heterocycles. The fraction of sp³-hybridized carbons (Fsp3) is 0.263. The van der Waals surface area contributed by atoms with Gasteiger partial charge in [0.25, 0.3) is 0 Å². The van der Waals surface area contributed by atoms with Crippen LogP contribution in [0.2, 0.25) is 0 Å². The van der Waals surface area contributed by atoms with E-state index in [9.17, 15) is 4.79 Å². The van der Waals surface area contributed by atoms with E-state index in [0.29, 0.717) is 35.6 Å². The van der Waals surface area contributed by atoms with Gasteiger partial charge in [-0.2, -0.15) is 0 Å². The summed E-state index contributed by atoms with van der Waals surface area (Å²) < 4.78 is 23.9. The number of fused-ring (bicyclic) bond motifs is 1. The summed E-state index contributed by atoms with van der Waals surface area (Å²) in [7, 11) is 1.55. The Balaban J connectivity index is 1.36. The Morgan fingerprint density at radius 2 is 1.52 bits per heavy atom. The first-order valence-electron chi connectivity index (χ1n) is 15.8. The smallest absolute Gasteiger partial charge is 0.212 e. The van der Waals surface area contributed by atoms with Crippen molar-refractivity contribution in [1.82, 2.24) is 9.88 Å². The number of aromatic nitrogens is 1. The molecule has 1 aliphatic heterocycles. The van der Waals surface area contributed by atoms with E-state index in [0.717, 1.165) is 36.1 Å². The summed E-state index contributed by atoms with van der Waals surface area (Å²) in [6.07, 6.45) is 5.20. The molecule has 234 valence electrons. The largest absolute Gasteiger partial charge is 0.492 e. The zero-order valence-corrected chi connectivity index (χ0v) is 26.0. The van der Waals surface area contributed by atoms with E-state index in [1.807, 2.05) is 102 Å². The van der Waals surface area contributed by atoms with Crippen LogP contribution in [-0.4, -0.2) is 43.6 Å². The van der Waals surface area contributed by atoms with Gasteiger partial charge in [0.15, 0.2) is 17.0 Å². The fourth-order valence-electron chi connectivity index (χ4n) is 6.66. The van der Waals surface area contributed by atoms with Crippen LogP contribution in [0.15, 0.2) is 113 Å². The molecule has 1 unspecified atom stereocenters. The molecule has 46 heavy (non-hydrogen) atoms. The van der Waals surface area contributed by atoms with Crippen LogP contribution >= 0.6 is 0 Å². The number of piperazine rings is 1. The van der Waals surface area contributed by atoms with Crippen LogP contribution in [-0.2, 0) is 10.4 Å². The zero-order chi connectivity index (χ0) is 31.7. The van der Waals surface area contributed by atoms with E-state index < -0.39 is 11.4 Å². The number of pyridine rings is 1. The Hall–Kier alpha value is -4.95. The normalized spacial score (nSPS) is 17.0. The Kier molecular flexibility index (Phi) is 8.05. The van der Waals surface area contributed by atoms with Gasteiger partial charge in [0.1, 0.15) is 5.69 Å². The third-order valence-corrected chi connectivity index (χ3v) is 8.98. The Bertz CT molecular complexity index is 1830. The van der Waals surface area contributed by atoms with Crippen molar-refractivity contribution >= 4 is 22.8 Å². The van der Waals surface area contributed by atoms with Crippen LogP contribution in [0.1, 0.15) is 48.1 Å². The monoisotopic (exact) mass is 616 g/mol. The molecule has 5 aromatic rings. The number of methoxy groups -OCH3 is 1. The SMILES string of the molecule is COc1c(N2CCNC(C)C2)c(F)cc2c(=O)c(/C=N/OC(c3ccccc3)(c3ccccc3)c3ccccc3)cn(C3CC3)c12. The molecule has 1 saturated carbocycles. The minimum atomic E-state index is -1.09. The van der Waals surface area contributed by atoms with Gasteiger partial charge in [-0.05, 0) is 25.8 Å². The van der Waals surface area contributed by atoms with E-state index in [4.69, 9.17) is 9.57 Å². The van der Waals surface area contributed by atoms with Gasteiger partial charge in [0.2, 0.25) is 5.60 Å². The molecule has 2 aliphatic rings. The number of hydrogen-bond donors (Lipinski definition) is 1. The molecule has 7 rings (SSSR count). The minimum Gasteiger partial charge on any atom is -0.492 e. The van der Waals surface area contributed by atoms with Crippen molar-refractivity contribution in [2.24, 2.45) is 5.16 Å². The van der Waals surface area contributed by atoms with Crippen LogP contribution in [0, 0.1) is 5.82 Å². The quantitative estimate of drug-likeness (QED) is 0.115. The predicted molar refractivity (Wildman–Crippen MR) is 181 cm³/mol. The topological polar surface area (TPSA) is 68.1 Å². The highest BCUT2D eigenvalue weighted by Crippen LogP contribution is 2.44. The number of hydrogen-bond acceptors (Lipinski definition) is 6. The molecule has 2 heterocycles. The van der Waals surface area contributed by atoms with Crippen molar-refractivity contribution in [3.8, 4) is 5.75 Å². The summed E-state index contributed by atoms with van der Waals surface area (Å²) in [6, 6.07) is 31.5. The molecule has 8 heteroatoms. The molecular formula is C38H37FN4O3. The van der Waals surface area contributed by atoms with Gasteiger partial charge in [-0.3, -0.25) is 4.79 Å². The standard InChI is InChI=1S/C38H37FN4O3/c1-26-24-42(21-20-40-26)35-33(39)22-32-34(37(35)45-2)43(31-18-19-31)25-27(36(32)44)23-41-46-38(28-12-6-3-7-13-28,29-14-8-4-9-15-29)30-16-10-5-11-17-30/h3-17,22-23,25-26,31,40H,18-21,24H2,1-2H3/b41-23+. The summed E-state index contributed by atoms with van der Waals surface area (Å²) in [5.74, 6) is -0.0800. The third-order valence-electron chi connectivity index (χ3n) is 8.98. The maximum absolute atomic E-state index is 16.0. The first kappa shape index (κ1) is 29.7. The molecule has 7 nitrogen and oxygen atoms in total. The molecule has 2 fully saturated rings. The predicted octanol–water partition coefficient (Wildman–Crippen LogP) is 6.62. The van der Waals surface area contributed by atoms with E-state index in [1.54, 1.807) is 7.11 Å². The van der Waals surface area contributed by atoms with Crippen LogP contribution in [0.4, 0.5) is 10.1 Å². The molecule has 1 aromatic heterocycles. The number of oxime groups is 1. The maximum atomic E-state index is 16.0. The zero-order valence-electron chi connectivity index (χ0n) is 26.0. The highest BCUT2D eigenvalue weighted by Gasteiger charge is 2.39. The van der Waals surface area contributed by atoms with Gasteiger partial charge in [-0.25, -0.2) is 4.39 Å². The minimum absolute atomic E-state index is 0.183. The summed E-state index contributed by atoms with van der Waals surface area (Å²) in [5, 5.41) is 8.19. The van der Waals surface area contributed by atoms with Crippen molar-refractivity contribution in [2.45, 2.75) is 37.5 Å². The number of anilines is 1. The lowest BCUT2D eigenvalue weighted by Gasteiger charge is -2.35. The number of nitrogens with zero attached hydrogens (tertiary/aromatic N) is 3. The average molecular weight is 617 g/mol. The molecule has 0 spiro atoms. The molecule has 0 amide bonds. The average Bonchev–Trinajstić information content (AvgIpc) is 3.94. The summed E-state index contributed by atoms with van der Waals surface area (Å²) in [4.78, 5) is 22.6. The second kappa shape index (κ2) is 12.4. The molecule has 1 aliphatic carbocycles. The van der Waals surface area contributed by atoms with Gasteiger partial charge in [-0.15, -0.1) is 0 Å².